The number of nitrogens with zero attached hydrogens (tertiary/aromatic N) is 2. The van der Waals surface area contributed by atoms with Gasteiger partial charge in [-0.3, -0.25) is 0 Å². The van der Waals surface area contributed by atoms with Crippen molar-refractivity contribution in [2.24, 2.45) is 0 Å². The molecule has 3 heterocycles. The fraction of sp³-hybridized carbons (Fsp3) is 0.769. The summed E-state index contributed by atoms with van der Waals surface area (Å²) in [6.07, 6.45) is 3.76. The summed E-state index contributed by atoms with van der Waals surface area (Å²) in [5, 5.41) is 3.68. The number of sulfonamides is 2. The zero-order chi connectivity index (χ0) is 17.0. The molecule has 2 fully saturated rings. The van der Waals surface area contributed by atoms with Crippen molar-refractivity contribution < 1.29 is 21.4 Å². The maximum absolute atomic E-state index is 12.6. The molecular weight excluding hydrogens is 342 g/mol. The van der Waals surface area contributed by atoms with Gasteiger partial charge in [-0.2, -0.15) is 4.31 Å². The molecule has 10 heteroatoms. The molecule has 2 atom stereocenters. The van der Waals surface area contributed by atoms with Gasteiger partial charge in [0.25, 0.3) is 0 Å². The van der Waals surface area contributed by atoms with Crippen LogP contribution in [-0.4, -0.2) is 50.7 Å². The van der Waals surface area contributed by atoms with Crippen LogP contribution < -0.4 is 4.72 Å². The fourth-order valence-corrected chi connectivity index (χ4v) is 6.97. The number of aromatic nitrogens is 1. The van der Waals surface area contributed by atoms with Crippen molar-refractivity contribution in [3.63, 3.8) is 0 Å². The Morgan fingerprint density at radius 3 is 2.13 bits per heavy atom. The molecule has 2 aliphatic heterocycles. The van der Waals surface area contributed by atoms with E-state index in [-0.39, 0.29) is 28.8 Å². The van der Waals surface area contributed by atoms with Gasteiger partial charge < -0.3 is 4.52 Å². The lowest BCUT2D eigenvalue weighted by Crippen LogP contribution is -2.52. The minimum Gasteiger partial charge on any atom is -0.360 e. The van der Waals surface area contributed by atoms with Crippen molar-refractivity contribution in [3.05, 3.63) is 11.5 Å². The van der Waals surface area contributed by atoms with Crippen molar-refractivity contribution in [2.75, 3.05) is 6.26 Å². The zero-order valence-electron chi connectivity index (χ0n) is 13.3. The minimum absolute atomic E-state index is 0.0791. The van der Waals surface area contributed by atoms with Crippen molar-refractivity contribution in [1.82, 2.24) is 14.2 Å². The molecule has 0 spiro atoms. The molecule has 8 nitrogen and oxygen atoms in total. The molecule has 0 aromatic carbocycles. The van der Waals surface area contributed by atoms with Gasteiger partial charge in [-0.15, -0.1) is 0 Å². The third kappa shape index (κ3) is 3.04. The van der Waals surface area contributed by atoms with Gasteiger partial charge in [0.15, 0.2) is 5.76 Å². The van der Waals surface area contributed by atoms with Crippen molar-refractivity contribution in [1.29, 1.82) is 0 Å². The number of hydrogen-bond donors (Lipinski definition) is 1. The van der Waals surface area contributed by atoms with Crippen molar-refractivity contribution in [3.8, 4) is 0 Å². The van der Waals surface area contributed by atoms with E-state index in [1.807, 2.05) is 0 Å². The van der Waals surface area contributed by atoms with Crippen LogP contribution in [0.2, 0.25) is 0 Å². The van der Waals surface area contributed by atoms with Gasteiger partial charge >= 0.3 is 0 Å². The number of hydrogen-bond acceptors (Lipinski definition) is 6. The molecule has 1 N–H and O–H groups in total. The maximum Gasteiger partial charge on any atom is 0.246 e. The van der Waals surface area contributed by atoms with Crippen molar-refractivity contribution in [2.45, 2.75) is 62.6 Å². The lowest BCUT2D eigenvalue weighted by atomic mass is 10.0. The number of piperidine rings is 1. The summed E-state index contributed by atoms with van der Waals surface area (Å²) in [6.45, 7) is 3.14. The van der Waals surface area contributed by atoms with Gasteiger partial charge in [-0.25, -0.2) is 21.6 Å². The van der Waals surface area contributed by atoms with Crippen LogP contribution in [0.3, 0.4) is 0 Å². The summed E-state index contributed by atoms with van der Waals surface area (Å²) >= 11 is 0. The van der Waals surface area contributed by atoms with Gasteiger partial charge in [-0.05, 0) is 39.5 Å². The van der Waals surface area contributed by atoms with Gasteiger partial charge in [0.2, 0.25) is 20.0 Å². The van der Waals surface area contributed by atoms with Gasteiger partial charge in [0.1, 0.15) is 10.6 Å². The average Bonchev–Trinajstić information content (AvgIpc) is 2.87. The first-order valence-corrected chi connectivity index (χ1v) is 10.9. The molecule has 23 heavy (non-hydrogen) atoms. The molecule has 130 valence electrons. The van der Waals surface area contributed by atoms with Crippen LogP contribution in [0.4, 0.5) is 0 Å². The Labute approximate surface area is 136 Å². The fourth-order valence-electron chi connectivity index (χ4n) is 3.91. The molecule has 1 aromatic heterocycles. The predicted octanol–water partition coefficient (Wildman–Crippen LogP) is 0.525. The SMILES string of the molecule is Cc1noc(C)c1S(=O)(=O)NC1CC2CCC(C1)N2S(C)(=O)=O. The largest absolute Gasteiger partial charge is 0.360 e. The topological polar surface area (TPSA) is 110 Å². The molecule has 2 saturated heterocycles. The number of rotatable bonds is 4. The van der Waals surface area contributed by atoms with Gasteiger partial charge in [-0.1, -0.05) is 5.16 Å². The molecule has 0 radical (unpaired) electrons. The van der Waals surface area contributed by atoms with E-state index in [0.717, 1.165) is 12.8 Å². The van der Waals surface area contributed by atoms with E-state index < -0.39 is 20.0 Å². The summed E-state index contributed by atoms with van der Waals surface area (Å²) < 4.78 is 58.1. The minimum atomic E-state index is -3.72. The third-order valence-corrected chi connectivity index (χ3v) is 7.73. The quantitative estimate of drug-likeness (QED) is 0.835. The van der Waals surface area contributed by atoms with Crippen LogP contribution >= 0.6 is 0 Å². The van der Waals surface area contributed by atoms with E-state index in [1.54, 1.807) is 18.2 Å². The Hall–Kier alpha value is -0.970. The first-order chi connectivity index (χ1) is 10.6. The lowest BCUT2D eigenvalue weighted by Gasteiger charge is -2.37. The van der Waals surface area contributed by atoms with Crippen LogP contribution in [-0.2, 0) is 20.0 Å². The number of aryl methyl sites for hydroxylation is 2. The Balaban J connectivity index is 1.79. The highest BCUT2D eigenvalue weighted by Gasteiger charge is 2.46. The van der Waals surface area contributed by atoms with Crippen LogP contribution in [0, 0.1) is 13.8 Å². The Morgan fingerprint density at radius 1 is 1.13 bits per heavy atom. The lowest BCUT2D eigenvalue weighted by molar-refractivity contribution is 0.221. The number of nitrogens with one attached hydrogen (secondary N) is 1. The monoisotopic (exact) mass is 363 g/mol. The normalized spacial score (nSPS) is 29.1. The number of fused-ring (bicyclic) bond motifs is 2. The molecule has 3 rings (SSSR count). The van der Waals surface area contributed by atoms with E-state index in [9.17, 15) is 16.8 Å². The maximum atomic E-state index is 12.6. The molecule has 0 saturated carbocycles. The second-order valence-electron chi connectivity index (χ2n) is 6.42. The summed E-state index contributed by atoms with van der Waals surface area (Å²) in [5.41, 5.74) is 0.326. The zero-order valence-corrected chi connectivity index (χ0v) is 14.9. The molecule has 2 aliphatic rings. The smallest absolute Gasteiger partial charge is 0.246 e. The summed E-state index contributed by atoms with van der Waals surface area (Å²) in [5.74, 6) is 0.256. The van der Waals surface area contributed by atoms with E-state index in [0.29, 0.717) is 18.5 Å². The van der Waals surface area contributed by atoms with Gasteiger partial charge in [0, 0.05) is 18.1 Å². The van der Waals surface area contributed by atoms with Crippen molar-refractivity contribution >= 4 is 20.0 Å². The molecule has 1 aromatic rings. The Morgan fingerprint density at radius 2 is 1.70 bits per heavy atom. The third-order valence-electron chi connectivity index (χ3n) is 4.61. The van der Waals surface area contributed by atoms with Crippen LogP contribution in [0.5, 0.6) is 0 Å². The summed E-state index contributed by atoms with van der Waals surface area (Å²) in [4.78, 5) is 0.0791. The van der Waals surface area contributed by atoms with Gasteiger partial charge in [0.05, 0.1) is 6.26 Å². The predicted molar refractivity (Wildman–Crippen MR) is 82.8 cm³/mol. The first-order valence-electron chi connectivity index (χ1n) is 7.53. The molecular formula is C13H21N3O5S2. The van der Waals surface area contributed by atoms with E-state index in [4.69, 9.17) is 4.52 Å². The highest BCUT2D eigenvalue weighted by Crippen LogP contribution is 2.38. The molecule has 0 aliphatic carbocycles. The summed E-state index contributed by atoms with van der Waals surface area (Å²) in [7, 11) is -6.98. The Bertz CT molecular complexity index is 781. The summed E-state index contributed by atoms with van der Waals surface area (Å²) in [6, 6.07) is -0.522. The van der Waals surface area contributed by atoms with Crippen LogP contribution in [0.15, 0.2) is 9.42 Å². The average molecular weight is 363 g/mol. The van der Waals surface area contributed by atoms with E-state index in [2.05, 4.69) is 9.88 Å². The first kappa shape index (κ1) is 16.9. The second kappa shape index (κ2) is 5.54. The molecule has 2 bridgehead atoms. The second-order valence-corrected chi connectivity index (χ2v) is 9.96. The molecule has 2 unspecified atom stereocenters. The highest BCUT2D eigenvalue weighted by atomic mass is 32.2. The standard InChI is InChI=1S/C13H21N3O5S2/c1-8-13(9(2)21-14-8)23(19,20)15-10-6-11-4-5-12(7-10)16(11)22(3,17)18/h10-12,15H,4-7H2,1-3H3. The van der Waals surface area contributed by atoms with E-state index >= 15 is 0 Å². The van der Waals surface area contributed by atoms with E-state index in [1.165, 1.54) is 6.26 Å². The van der Waals surface area contributed by atoms with Crippen LogP contribution in [0.25, 0.3) is 0 Å². The Kier molecular flexibility index (Phi) is 4.06. The highest BCUT2D eigenvalue weighted by molar-refractivity contribution is 7.89. The van der Waals surface area contributed by atoms with Crippen LogP contribution in [0.1, 0.15) is 37.1 Å². The molecule has 0 amide bonds.